The molecule has 8 aromatic rings. The second kappa shape index (κ2) is 10.5. The van der Waals surface area contributed by atoms with Crippen LogP contribution in [0.2, 0.25) is 0 Å². The Bertz CT molecular complexity index is 2490. The highest BCUT2D eigenvalue weighted by atomic mass is 16.3. The molecule has 0 radical (unpaired) electrons. The van der Waals surface area contributed by atoms with Gasteiger partial charge in [0.15, 0.2) is 17.5 Å². The number of aromatic nitrogens is 3. The van der Waals surface area contributed by atoms with E-state index in [1.807, 2.05) is 109 Å². The summed E-state index contributed by atoms with van der Waals surface area (Å²) in [5.74, 6) is 0.576. The van der Waals surface area contributed by atoms with Crippen LogP contribution in [0.25, 0.3) is 78.4 Å². The Morgan fingerprint density at radius 3 is 1.40 bits per heavy atom. The molecule has 202 valence electrons. The second-order valence-electron chi connectivity index (χ2n) is 9.95. The van der Waals surface area contributed by atoms with Gasteiger partial charge in [-0.05, 0) is 40.4 Å². The van der Waals surface area contributed by atoms with Crippen LogP contribution < -0.4 is 0 Å². The van der Waals surface area contributed by atoms with Crippen molar-refractivity contribution in [2.24, 2.45) is 0 Å². The van der Waals surface area contributed by atoms with Crippen LogP contribution in [0.1, 0.15) is 9.60 Å². The first kappa shape index (κ1) is 18.5. The van der Waals surface area contributed by atoms with Crippen LogP contribution in [0, 0.1) is 0 Å². The van der Waals surface area contributed by atoms with Gasteiger partial charge in [0.1, 0.15) is 11.2 Å². The Morgan fingerprint density at radius 1 is 0.395 bits per heavy atom. The molecule has 2 heterocycles. The van der Waals surface area contributed by atoms with E-state index in [1.54, 1.807) is 0 Å². The lowest BCUT2D eigenvalue weighted by atomic mass is 10.0. The standard InChI is InChI=1S/C39H25N3O/c1-3-9-26(10-4-1)28-15-19-30(20-16-28)37-40-38(31-21-17-29(18-22-31)27-11-5-2-6-12-27)42-39(41-37)32-23-24-34-33-13-7-8-14-35(33)43-36(34)25-32/h1-25H/i7D,8D,13D,14D,23D,24D,25D. The summed E-state index contributed by atoms with van der Waals surface area (Å²) in [5, 5.41) is -0.0770. The van der Waals surface area contributed by atoms with E-state index in [2.05, 4.69) is 0 Å². The predicted molar refractivity (Wildman–Crippen MR) is 174 cm³/mol. The first-order valence-electron chi connectivity index (χ1n) is 17.2. The number of nitrogens with zero attached hydrogens (tertiary/aromatic N) is 3. The van der Waals surface area contributed by atoms with Crippen molar-refractivity contribution >= 4 is 21.9 Å². The fourth-order valence-electron chi connectivity index (χ4n) is 5.04. The Hall–Kier alpha value is -5.87. The first-order chi connectivity index (χ1) is 24.2. The van der Waals surface area contributed by atoms with Gasteiger partial charge in [-0.15, -0.1) is 0 Å². The molecule has 0 amide bonds. The number of hydrogen-bond donors (Lipinski definition) is 0. The summed E-state index contributed by atoms with van der Waals surface area (Å²) in [6, 6.07) is 32.5. The molecule has 0 aliphatic heterocycles. The largest absolute Gasteiger partial charge is 0.456 e. The van der Waals surface area contributed by atoms with Crippen LogP contribution in [0.3, 0.4) is 0 Å². The molecule has 0 atom stereocenters. The van der Waals surface area contributed by atoms with Crippen molar-refractivity contribution in [1.82, 2.24) is 15.0 Å². The molecule has 4 nitrogen and oxygen atoms in total. The maximum atomic E-state index is 9.18. The van der Waals surface area contributed by atoms with E-state index >= 15 is 0 Å². The Labute approximate surface area is 258 Å². The van der Waals surface area contributed by atoms with Crippen molar-refractivity contribution in [3.63, 3.8) is 0 Å². The third kappa shape index (κ3) is 4.75. The number of benzene rings is 6. The fourth-order valence-corrected chi connectivity index (χ4v) is 5.04. The lowest BCUT2D eigenvalue weighted by Gasteiger charge is -2.10. The van der Waals surface area contributed by atoms with Gasteiger partial charge in [-0.25, -0.2) is 15.0 Å². The van der Waals surface area contributed by atoms with Gasteiger partial charge in [-0.3, -0.25) is 0 Å². The van der Waals surface area contributed by atoms with Crippen LogP contribution in [-0.4, -0.2) is 15.0 Å². The van der Waals surface area contributed by atoms with Gasteiger partial charge in [-0.2, -0.15) is 0 Å². The molecule has 8 rings (SSSR count). The van der Waals surface area contributed by atoms with E-state index in [0.717, 1.165) is 22.3 Å². The van der Waals surface area contributed by atoms with Gasteiger partial charge in [0.2, 0.25) is 0 Å². The maximum absolute atomic E-state index is 9.18. The SMILES string of the molecule is [2H]c1c([2H])c([2H])c2c(oc3c([2H])c(-c4nc(-c5ccc(-c6ccccc6)cc5)nc(-c5ccc(-c6ccccc6)cc5)n4)c([2H])c([2H])c32)c1[2H]. The van der Waals surface area contributed by atoms with Gasteiger partial charge in [0.05, 0.1) is 9.60 Å². The Balaban J connectivity index is 1.34. The predicted octanol–water partition coefficient (Wildman–Crippen LogP) is 10.1. The van der Waals surface area contributed by atoms with E-state index in [-0.39, 0.29) is 51.5 Å². The summed E-state index contributed by atoms with van der Waals surface area (Å²) < 4.78 is 66.2. The average molecular weight is 559 g/mol. The minimum Gasteiger partial charge on any atom is -0.456 e. The summed E-state index contributed by atoms with van der Waals surface area (Å²) in [7, 11) is 0. The van der Waals surface area contributed by atoms with Crippen molar-refractivity contribution in [1.29, 1.82) is 0 Å². The number of rotatable bonds is 5. The normalized spacial score (nSPS) is 13.5. The van der Waals surface area contributed by atoms with E-state index in [0.29, 0.717) is 22.8 Å². The van der Waals surface area contributed by atoms with E-state index in [1.165, 1.54) is 0 Å². The quantitative estimate of drug-likeness (QED) is 0.211. The van der Waals surface area contributed by atoms with Crippen LogP contribution in [-0.2, 0) is 0 Å². The van der Waals surface area contributed by atoms with Gasteiger partial charge in [0, 0.05) is 27.5 Å². The topological polar surface area (TPSA) is 51.8 Å². The van der Waals surface area contributed by atoms with Gasteiger partial charge in [0.25, 0.3) is 0 Å². The van der Waals surface area contributed by atoms with Gasteiger partial charge >= 0.3 is 0 Å². The van der Waals surface area contributed by atoms with Crippen molar-refractivity contribution in [2.45, 2.75) is 0 Å². The smallest absolute Gasteiger partial charge is 0.164 e. The minimum atomic E-state index is -0.491. The van der Waals surface area contributed by atoms with Crippen LogP contribution in [0.5, 0.6) is 0 Å². The van der Waals surface area contributed by atoms with E-state index in [9.17, 15) is 1.37 Å². The highest BCUT2D eigenvalue weighted by Gasteiger charge is 2.15. The molecule has 0 aliphatic carbocycles. The average Bonchev–Trinajstić information content (AvgIpc) is 3.58. The lowest BCUT2D eigenvalue weighted by molar-refractivity contribution is 0.669. The maximum Gasteiger partial charge on any atom is 0.164 e. The van der Waals surface area contributed by atoms with Crippen molar-refractivity contribution < 1.29 is 14.0 Å². The Kier molecular flexibility index (Phi) is 4.53. The number of hydrogen-bond acceptors (Lipinski definition) is 4. The highest BCUT2D eigenvalue weighted by Crippen LogP contribution is 2.33. The third-order valence-corrected chi connectivity index (χ3v) is 7.24. The van der Waals surface area contributed by atoms with Crippen molar-refractivity contribution in [3.8, 4) is 56.4 Å². The molecule has 0 saturated carbocycles. The summed E-state index contributed by atoms with van der Waals surface area (Å²) in [4.78, 5) is 14.3. The Morgan fingerprint density at radius 2 is 0.837 bits per heavy atom. The molecule has 43 heavy (non-hydrogen) atoms. The minimum absolute atomic E-state index is 0.0188. The molecule has 0 bridgehead atoms. The van der Waals surface area contributed by atoms with Crippen LogP contribution in [0.4, 0.5) is 0 Å². The number of para-hydroxylation sites is 1. The summed E-state index contributed by atoms with van der Waals surface area (Å²) >= 11 is 0. The molecule has 0 aliphatic rings. The lowest BCUT2D eigenvalue weighted by Crippen LogP contribution is -2.00. The first-order valence-corrected chi connectivity index (χ1v) is 13.7. The number of fused-ring (bicyclic) bond motifs is 3. The fraction of sp³-hybridized carbons (Fsp3) is 0. The van der Waals surface area contributed by atoms with Crippen molar-refractivity contribution in [3.05, 3.63) is 151 Å². The molecular formula is C39H25N3O. The zero-order valence-corrected chi connectivity index (χ0v) is 22.6. The molecule has 0 spiro atoms. The highest BCUT2D eigenvalue weighted by molar-refractivity contribution is 6.05. The number of furan rings is 1. The molecule has 0 fully saturated rings. The van der Waals surface area contributed by atoms with Crippen LogP contribution in [0.15, 0.2) is 156 Å². The van der Waals surface area contributed by atoms with E-state index < -0.39 is 24.2 Å². The molecular weight excluding hydrogens is 526 g/mol. The monoisotopic (exact) mass is 558 g/mol. The molecule has 2 aromatic heterocycles. The third-order valence-electron chi connectivity index (χ3n) is 7.24. The van der Waals surface area contributed by atoms with Gasteiger partial charge < -0.3 is 4.42 Å². The van der Waals surface area contributed by atoms with E-state index in [4.69, 9.17) is 27.6 Å². The summed E-state index contributed by atoms with van der Waals surface area (Å²) in [6.07, 6.45) is 0. The zero-order valence-electron chi connectivity index (χ0n) is 29.6. The molecule has 4 heteroatoms. The molecule has 0 unspecified atom stereocenters. The summed E-state index contributed by atoms with van der Waals surface area (Å²) in [5.41, 5.74) is 5.05. The molecule has 0 N–H and O–H groups in total. The van der Waals surface area contributed by atoms with Crippen LogP contribution >= 0.6 is 0 Å². The second-order valence-corrected chi connectivity index (χ2v) is 9.95. The van der Waals surface area contributed by atoms with Crippen molar-refractivity contribution in [2.75, 3.05) is 0 Å². The molecule has 6 aromatic carbocycles. The zero-order chi connectivity index (χ0) is 34.7. The summed E-state index contributed by atoms with van der Waals surface area (Å²) in [6.45, 7) is 0. The molecule has 0 saturated heterocycles. The van der Waals surface area contributed by atoms with Gasteiger partial charge in [-0.1, -0.05) is 133 Å².